The van der Waals surface area contributed by atoms with E-state index in [1.807, 2.05) is 6.07 Å². The standard InChI is InChI=1S/C14H22N4O2S/c19-21(20)10-6-12(11-21)16-14-15-7-5-13(17-14)18-8-3-1-2-4-9-18/h5,7,12H,1-4,6,8-11H2,(H,15,16,17). The number of sulfone groups is 1. The number of aromatic nitrogens is 2. The molecule has 1 atom stereocenters. The van der Waals surface area contributed by atoms with Gasteiger partial charge in [0.15, 0.2) is 9.84 Å². The van der Waals surface area contributed by atoms with Gasteiger partial charge in [-0.15, -0.1) is 0 Å². The topological polar surface area (TPSA) is 75.2 Å². The molecule has 6 nitrogen and oxygen atoms in total. The van der Waals surface area contributed by atoms with Gasteiger partial charge in [0.2, 0.25) is 5.95 Å². The molecule has 1 unspecified atom stereocenters. The minimum Gasteiger partial charge on any atom is -0.356 e. The second-order valence-corrected chi connectivity index (χ2v) is 8.11. The number of rotatable bonds is 3. The summed E-state index contributed by atoms with van der Waals surface area (Å²) >= 11 is 0. The fourth-order valence-corrected chi connectivity index (χ4v) is 4.66. The third-order valence-electron chi connectivity index (χ3n) is 4.14. The highest BCUT2D eigenvalue weighted by Gasteiger charge is 2.28. The molecule has 2 saturated heterocycles. The highest BCUT2D eigenvalue weighted by atomic mass is 32.2. The molecule has 0 radical (unpaired) electrons. The molecule has 2 aliphatic heterocycles. The Morgan fingerprint density at radius 1 is 1.19 bits per heavy atom. The highest BCUT2D eigenvalue weighted by molar-refractivity contribution is 7.91. The molecule has 0 amide bonds. The first-order valence-electron chi connectivity index (χ1n) is 7.67. The summed E-state index contributed by atoms with van der Waals surface area (Å²) in [5.74, 6) is 1.93. The second kappa shape index (κ2) is 6.17. The zero-order valence-electron chi connectivity index (χ0n) is 12.2. The van der Waals surface area contributed by atoms with Crippen molar-refractivity contribution < 1.29 is 8.42 Å². The molecule has 116 valence electrons. The lowest BCUT2D eigenvalue weighted by Gasteiger charge is -2.22. The summed E-state index contributed by atoms with van der Waals surface area (Å²) in [6.07, 6.45) is 7.36. The van der Waals surface area contributed by atoms with Crippen LogP contribution in [0.15, 0.2) is 12.3 Å². The van der Waals surface area contributed by atoms with Crippen LogP contribution >= 0.6 is 0 Å². The van der Waals surface area contributed by atoms with Gasteiger partial charge in [0.25, 0.3) is 0 Å². The van der Waals surface area contributed by atoms with E-state index in [0.29, 0.717) is 12.4 Å². The average molecular weight is 310 g/mol. The van der Waals surface area contributed by atoms with Crippen molar-refractivity contribution in [3.05, 3.63) is 12.3 Å². The van der Waals surface area contributed by atoms with Gasteiger partial charge in [-0.1, -0.05) is 12.8 Å². The van der Waals surface area contributed by atoms with E-state index < -0.39 is 9.84 Å². The van der Waals surface area contributed by atoms with Crippen LogP contribution in [-0.4, -0.2) is 49.0 Å². The van der Waals surface area contributed by atoms with Crippen LogP contribution < -0.4 is 10.2 Å². The summed E-state index contributed by atoms with van der Waals surface area (Å²) in [5.41, 5.74) is 0. The van der Waals surface area contributed by atoms with Crippen LogP contribution in [-0.2, 0) is 9.84 Å². The number of anilines is 2. The molecule has 1 aromatic rings. The lowest BCUT2D eigenvalue weighted by molar-refractivity contribution is 0.602. The van der Waals surface area contributed by atoms with E-state index in [1.54, 1.807) is 6.20 Å². The number of hydrogen-bond acceptors (Lipinski definition) is 6. The van der Waals surface area contributed by atoms with Crippen molar-refractivity contribution in [2.45, 2.75) is 38.1 Å². The van der Waals surface area contributed by atoms with Crippen LogP contribution in [0.4, 0.5) is 11.8 Å². The molecule has 7 heteroatoms. The van der Waals surface area contributed by atoms with Crippen molar-refractivity contribution in [2.24, 2.45) is 0 Å². The molecule has 0 aliphatic carbocycles. The Balaban J connectivity index is 1.68. The lowest BCUT2D eigenvalue weighted by Crippen LogP contribution is -2.26. The number of hydrogen-bond donors (Lipinski definition) is 1. The van der Waals surface area contributed by atoms with Crippen molar-refractivity contribution in [3.8, 4) is 0 Å². The van der Waals surface area contributed by atoms with E-state index in [2.05, 4.69) is 20.2 Å². The van der Waals surface area contributed by atoms with Crippen LogP contribution in [0, 0.1) is 0 Å². The number of nitrogens with zero attached hydrogens (tertiary/aromatic N) is 3. The molecule has 1 N–H and O–H groups in total. The third kappa shape index (κ3) is 3.84. The van der Waals surface area contributed by atoms with Gasteiger partial charge in [-0.2, -0.15) is 4.98 Å². The summed E-state index contributed by atoms with van der Waals surface area (Å²) in [5, 5.41) is 3.16. The van der Waals surface area contributed by atoms with Crippen molar-refractivity contribution in [2.75, 3.05) is 34.8 Å². The molecular weight excluding hydrogens is 288 g/mol. The van der Waals surface area contributed by atoms with Gasteiger partial charge in [-0.05, 0) is 25.3 Å². The predicted octanol–water partition coefficient (Wildman–Crippen LogP) is 1.46. The first-order chi connectivity index (χ1) is 10.1. The monoisotopic (exact) mass is 310 g/mol. The summed E-state index contributed by atoms with van der Waals surface area (Å²) in [7, 11) is -2.88. The van der Waals surface area contributed by atoms with Crippen molar-refractivity contribution in [1.82, 2.24) is 9.97 Å². The molecular formula is C14H22N4O2S. The Kier molecular flexibility index (Phi) is 4.28. The Labute approximate surface area is 125 Å². The SMILES string of the molecule is O=S1(=O)CCC(Nc2nccc(N3CCCCCC3)n2)C1. The fourth-order valence-electron chi connectivity index (χ4n) is 2.99. The summed E-state index contributed by atoms with van der Waals surface area (Å²) in [6.45, 7) is 2.07. The summed E-state index contributed by atoms with van der Waals surface area (Å²) in [4.78, 5) is 11.1. The van der Waals surface area contributed by atoms with Crippen LogP contribution in [0.2, 0.25) is 0 Å². The van der Waals surface area contributed by atoms with Crippen LogP contribution in [0.25, 0.3) is 0 Å². The molecule has 2 aliphatic rings. The first kappa shape index (κ1) is 14.6. The van der Waals surface area contributed by atoms with Crippen molar-refractivity contribution in [3.63, 3.8) is 0 Å². The zero-order chi connectivity index (χ0) is 14.7. The second-order valence-electron chi connectivity index (χ2n) is 5.88. The van der Waals surface area contributed by atoms with Crippen LogP contribution in [0.3, 0.4) is 0 Å². The maximum absolute atomic E-state index is 11.5. The molecule has 2 fully saturated rings. The van der Waals surface area contributed by atoms with Gasteiger partial charge < -0.3 is 10.2 Å². The minimum atomic E-state index is -2.88. The van der Waals surface area contributed by atoms with Gasteiger partial charge in [-0.3, -0.25) is 0 Å². The first-order valence-corrected chi connectivity index (χ1v) is 9.49. The van der Waals surface area contributed by atoms with Gasteiger partial charge in [0, 0.05) is 25.3 Å². The smallest absolute Gasteiger partial charge is 0.224 e. The lowest BCUT2D eigenvalue weighted by atomic mass is 10.2. The Morgan fingerprint density at radius 2 is 1.95 bits per heavy atom. The minimum absolute atomic E-state index is 0.0608. The summed E-state index contributed by atoms with van der Waals surface area (Å²) in [6, 6.07) is 1.87. The van der Waals surface area contributed by atoms with E-state index >= 15 is 0 Å². The maximum atomic E-state index is 11.5. The molecule has 1 aromatic heterocycles. The largest absolute Gasteiger partial charge is 0.356 e. The van der Waals surface area contributed by atoms with Crippen LogP contribution in [0.5, 0.6) is 0 Å². The number of nitrogens with one attached hydrogen (secondary N) is 1. The van der Waals surface area contributed by atoms with Crippen LogP contribution in [0.1, 0.15) is 32.1 Å². The Morgan fingerprint density at radius 3 is 2.62 bits per heavy atom. The maximum Gasteiger partial charge on any atom is 0.224 e. The van der Waals surface area contributed by atoms with Crippen molar-refractivity contribution in [1.29, 1.82) is 0 Å². The van der Waals surface area contributed by atoms with E-state index in [0.717, 1.165) is 18.9 Å². The average Bonchev–Trinajstić information content (AvgIpc) is 2.69. The Bertz CT molecular complexity index is 582. The molecule has 0 saturated carbocycles. The zero-order valence-corrected chi connectivity index (χ0v) is 13.0. The molecule has 0 bridgehead atoms. The molecule has 3 rings (SSSR count). The Hall–Kier alpha value is -1.37. The van der Waals surface area contributed by atoms with E-state index in [-0.39, 0.29) is 17.5 Å². The quantitative estimate of drug-likeness (QED) is 0.911. The molecule has 0 aromatic carbocycles. The fraction of sp³-hybridized carbons (Fsp3) is 0.714. The van der Waals surface area contributed by atoms with E-state index in [1.165, 1.54) is 25.7 Å². The normalized spacial score (nSPS) is 25.5. The van der Waals surface area contributed by atoms with E-state index in [4.69, 9.17) is 0 Å². The molecule has 3 heterocycles. The van der Waals surface area contributed by atoms with Gasteiger partial charge in [0.05, 0.1) is 11.5 Å². The third-order valence-corrected chi connectivity index (χ3v) is 5.90. The predicted molar refractivity (Wildman–Crippen MR) is 83.4 cm³/mol. The van der Waals surface area contributed by atoms with Gasteiger partial charge >= 0.3 is 0 Å². The van der Waals surface area contributed by atoms with Crippen molar-refractivity contribution >= 4 is 21.6 Å². The highest BCUT2D eigenvalue weighted by Crippen LogP contribution is 2.20. The summed E-state index contributed by atoms with van der Waals surface area (Å²) < 4.78 is 23.0. The van der Waals surface area contributed by atoms with E-state index in [9.17, 15) is 8.42 Å². The van der Waals surface area contributed by atoms with Gasteiger partial charge in [-0.25, -0.2) is 13.4 Å². The molecule has 21 heavy (non-hydrogen) atoms. The molecule has 0 spiro atoms. The van der Waals surface area contributed by atoms with Gasteiger partial charge in [0.1, 0.15) is 5.82 Å².